The fourth-order valence-corrected chi connectivity index (χ4v) is 1.74. The third-order valence-corrected chi connectivity index (χ3v) is 2.63. The van der Waals surface area contributed by atoms with Crippen molar-refractivity contribution >= 4 is 6.16 Å². The van der Waals surface area contributed by atoms with Crippen molar-refractivity contribution in [3.8, 4) is 28.7 Å². The number of fused-ring (bicyclic) bond motifs is 1. The van der Waals surface area contributed by atoms with Crippen LogP contribution >= 0.6 is 0 Å². The number of halogens is 2. The molecule has 6 nitrogen and oxygen atoms in total. The van der Waals surface area contributed by atoms with Crippen molar-refractivity contribution in [3.63, 3.8) is 0 Å². The van der Waals surface area contributed by atoms with Gasteiger partial charge in [0.25, 0.3) is 0 Å². The molecule has 0 fully saturated rings. The third kappa shape index (κ3) is 2.85. The van der Waals surface area contributed by atoms with Crippen molar-refractivity contribution < 1.29 is 37.6 Å². The normalized spacial score (nSPS) is 14.5. The molecule has 1 aliphatic rings. The Labute approximate surface area is 122 Å². The van der Waals surface area contributed by atoms with Crippen LogP contribution in [0.2, 0.25) is 0 Å². The van der Waals surface area contributed by atoms with Gasteiger partial charge in [0, 0.05) is 6.07 Å². The number of alkyl halides is 2. The highest BCUT2D eigenvalue weighted by Crippen LogP contribution is 2.42. The molecule has 22 heavy (non-hydrogen) atoms. The molecule has 0 saturated carbocycles. The zero-order valence-corrected chi connectivity index (χ0v) is 10.8. The van der Waals surface area contributed by atoms with E-state index in [4.69, 9.17) is 9.47 Å². The molecule has 1 heterocycles. The van der Waals surface area contributed by atoms with Crippen LogP contribution in [0.3, 0.4) is 0 Å². The molecule has 0 atom stereocenters. The first-order valence-electron chi connectivity index (χ1n) is 6.00. The lowest BCUT2D eigenvalue weighted by Gasteiger charge is -2.07. The summed E-state index contributed by atoms with van der Waals surface area (Å²) in [5, 5.41) is 9.46. The standard InChI is InChI=1S/C14H8F2O6/c15-14(16)21-11-6-5-8(7-12(11)22-14)19-13(18)20-10-4-2-1-3-9(10)17/h1-7,17H. The van der Waals surface area contributed by atoms with Gasteiger partial charge in [0.05, 0.1) is 0 Å². The maximum atomic E-state index is 12.9. The molecular weight excluding hydrogens is 302 g/mol. The zero-order valence-electron chi connectivity index (χ0n) is 10.8. The predicted molar refractivity (Wildman–Crippen MR) is 67.4 cm³/mol. The van der Waals surface area contributed by atoms with Crippen molar-refractivity contribution in [1.29, 1.82) is 0 Å². The van der Waals surface area contributed by atoms with Gasteiger partial charge in [-0.2, -0.15) is 0 Å². The quantitative estimate of drug-likeness (QED) is 0.677. The number of phenols is 1. The smallest absolute Gasteiger partial charge is 0.504 e. The number of benzene rings is 2. The number of aromatic hydroxyl groups is 1. The summed E-state index contributed by atoms with van der Waals surface area (Å²) in [6.45, 7) is 0. The lowest BCUT2D eigenvalue weighted by molar-refractivity contribution is -0.286. The van der Waals surface area contributed by atoms with Gasteiger partial charge in [0.1, 0.15) is 5.75 Å². The molecule has 0 radical (unpaired) electrons. The van der Waals surface area contributed by atoms with E-state index in [1.165, 1.54) is 24.3 Å². The van der Waals surface area contributed by atoms with Crippen LogP contribution < -0.4 is 18.9 Å². The first-order chi connectivity index (χ1) is 10.4. The van der Waals surface area contributed by atoms with Gasteiger partial charge in [-0.05, 0) is 24.3 Å². The number of carbonyl (C=O) groups excluding carboxylic acids is 1. The van der Waals surface area contributed by atoms with Crippen LogP contribution in [-0.2, 0) is 0 Å². The second-order valence-electron chi connectivity index (χ2n) is 4.20. The molecule has 0 saturated heterocycles. The van der Waals surface area contributed by atoms with Gasteiger partial charge in [-0.3, -0.25) is 0 Å². The summed E-state index contributed by atoms with van der Waals surface area (Å²) < 4.78 is 43.7. The highest BCUT2D eigenvalue weighted by molar-refractivity contribution is 5.68. The first kappa shape index (κ1) is 13.9. The highest BCUT2D eigenvalue weighted by Gasteiger charge is 2.43. The van der Waals surface area contributed by atoms with Crippen LogP contribution in [0.4, 0.5) is 13.6 Å². The number of carbonyl (C=O) groups is 1. The van der Waals surface area contributed by atoms with Gasteiger partial charge in [-0.15, -0.1) is 8.78 Å². The first-order valence-corrected chi connectivity index (χ1v) is 6.00. The Balaban J connectivity index is 1.70. The van der Waals surface area contributed by atoms with Crippen molar-refractivity contribution in [3.05, 3.63) is 42.5 Å². The molecule has 0 amide bonds. The van der Waals surface area contributed by atoms with Gasteiger partial charge in [-0.25, -0.2) is 4.79 Å². The van der Waals surface area contributed by atoms with Crippen LogP contribution in [0.1, 0.15) is 0 Å². The molecule has 1 N–H and O–H groups in total. The van der Waals surface area contributed by atoms with Crippen molar-refractivity contribution in [2.45, 2.75) is 6.29 Å². The van der Waals surface area contributed by atoms with Gasteiger partial charge >= 0.3 is 12.5 Å². The molecule has 8 heteroatoms. The average molecular weight is 310 g/mol. The van der Waals surface area contributed by atoms with E-state index < -0.39 is 12.5 Å². The number of phenolic OH excluding ortho intramolecular Hbond substituents is 1. The number of para-hydroxylation sites is 2. The van der Waals surface area contributed by atoms with Crippen LogP contribution in [0, 0.1) is 0 Å². The third-order valence-electron chi connectivity index (χ3n) is 2.63. The maximum absolute atomic E-state index is 12.9. The zero-order chi connectivity index (χ0) is 15.7. The van der Waals surface area contributed by atoms with Crippen LogP contribution in [0.5, 0.6) is 28.7 Å². The minimum absolute atomic E-state index is 0.0829. The van der Waals surface area contributed by atoms with E-state index >= 15 is 0 Å². The fraction of sp³-hybridized carbons (Fsp3) is 0.0714. The molecule has 1 aliphatic heterocycles. The van der Waals surface area contributed by atoms with E-state index in [2.05, 4.69) is 9.47 Å². The van der Waals surface area contributed by atoms with E-state index in [1.54, 1.807) is 12.1 Å². The Kier molecular flexibility index (Phi) is 3.21. The van der Waals surface area contributed by atoms with Crippen LogP contribution in [0.15, 0.2) is 42.5 Å². The summed E-state index contributed by atoms with van der Waals surface area (Å²) in [5.74, 6) is -0.866. The van der Waals surface area contributed by atoms with E-state index in [0.717, 1.165) is 6.07 Å². The minimum atomic E-state index is -3.75. The predicted octanol–water partition coefficient (Wildman–Crippen LogP) is 3.29. The monoisotopic (exact) mass is 310 g/mol. The topological polar surface area (TPSA) is 74.2 Å². The Morgan fingerprint density at radius 3 is 2.55 bits per heavy atom. The molecule has 0 spiro atoms. The minimum Gasteiger partial charge on any atom is -0.504 e. The van der Waals surface area contributed by atoms with Crippen LogP contribution in [-0.4, -0.2) is 17.6 Å². The van der Waals surface area contributed by atoms with Gasteiger partial charge in [0.15, 0.2) is 23.0 Å². The number of rotatable bonds is 2. The molecule has 114 valence electrons. The van der Waals surface area contributed by atoms with Crippen LogP contribution in [0.25, 0.3) is 0 Å². The molecule has 2 aromatic rings. The molecule has 2 aromatic carbocycles. The second-order valence-corrected chi connectivity index (χ2v) is 4.20. The molecule has 0 aromatic heterocycles. The van der Waals surface area contributed by atoms with E-state index in [0.29, 0.717) is 0 Å². The summed E-state index contributed by atoms with van der Waals surface area (Å²) in [5.41, 5.74) is 0. The van der Waals surface area contributed by atoms with E-state index in [-0.39, 0.29) is 28.7 Å². The number of ether oxygens (including phenoxy) is 4. The Hall–Kier alpha value is -3.03. The number of hydrogen-bond acceptors (Lipinski definition) is 6. The van der Waals surface area contributed by atoms with E-state index in [1.807, 2.05) is 0 Å². The highest BCUT2D eigenvalue weighted by atomic mass is 19.3. The fourth-order valence-electron chi connectivity index (χ4n) is 1.74. The summed E-state index contributed by atoms with van der Waals surface area (Å²) in [6, 6.07) is 9.23. The summed E-state index contributed by atoms with van der Waals surface area (Å²) in [4.78, 5) is 11.6. The van der Waals surface area contributed by atoms with Gasteiger partial charge < -0.3 is 24.1 Å². The summed E-state index contributed by atoms with van der Waals surface area (Å²) in [7, 11) is 0. The number of hydrogen-bond donors (Lipinski definition) is 1. The van der Waals surface area contributed by atoms with Gasteiger partial charge in [0.2, 0.25) is 0 Å². The Morgan fingerprint density at radius 1 is 1.05 bits per heavy atom. The summed E-state index contributed by atoms with van der Waals surface area (Å²) in [6.07, 6.45) is -4.90. The van der Waals surface area contributed by atoms with Gasteiger partial charge in [-0.1, -0.05) is 12.1 Å². The van der Waals surface area contributed by atoms with Crippen molar-refractivity contribution in [1.82, 2.24) is 0 Å². The van der Waals surface area contributed by atoms with Crippen molar-refractivity contribution in [2.24, 2.45) is 0 Å². The molecule has 0 unspecified atom stereocenters. The SMILES string of the molecule is O=C(Oc1ccc2c(c1)OC(F)(F)O2)Oc1ccccc1O. The average Bonchev–Trinajstić information content (AvgIpc) is 2.74. The Morgan fingerprint density at radius 2 is 1.77 bits per heavy atom. The lowest BCUT2D eigenvalue weighted by atomic mass is 10.3. The molecule has 0 aliphatic carbocycles. The second kappa shape index (κ2) is 5.06. The summed E-state index contributed by atoms with van der Waals surface area (Å²) >= 11 is 0. The lowest BCUT2D eigenvalue weighted by Crippen LogP contribution is -2.25. The van der Waals surface area contributed by atoms with Crippen molar-refractivity contribution in [2.75, 3.05) is 0 Å². The Bertz CT molecular complexity index is 731. The molecule has 0 bridgehead atoms. The molecular formula is C14H8F2O6. The maximum Gasteiger partial charge on any atom is 0.586 e. The van der Waals surface area contributed by atoms with E-state index in [9.17, 15) is 18.7 Å². The molecule has 3 rings (SSSR count). The largest absolute Gasteiger partial charge is 0.586 e.